The lowest BCUT2D eigenvalue weighted by atomic mass is 10.0. The molecule has 0 aliphatic carbocycles. The topological polar surface area (TPSA) is 101 Å². The van der Waals surface area contributed by atoms with Crippen LogP contribution < -0.4 is 10.6 Å². The number of nitrogens with one attached hydrogen (secondary N) is 2. The first kappa shape index (κ1) is 21.9. The number of alkyl halides is 1. The number of nitro benzene ring substituents is 1. The van der Waals surface area contributed by atoms with Gasteiger partial charge < -0.3 is 10.6 Å². The fourth-order valence-electron chi connectivity index (χ4n) is 2.51. The minimum atomic E-state index is -1.08. The summed E-state index contributed by atoms with van der Waals surface area (Å²) in [6.07, 6.45) is 0.0967. The highest BCUT2D eigenvalue weighted by Crippen LogP contribution is 2.25. The summed E-state index contributed by atoms with van der Waals surface area (Å²) in [4.78, 5) is 35.5. The molecule has 7 nitrogen and oxygen atoms in total. The molecule has 2 N–H and O–H groups in total. The van der Waals surface area contributed by atoms with Crippen molar-refractivity contribution in [2.45, 2.75) is 13.3 Å². The van der Waals surface area contributed by atoms with E-state index >= 15 is 0 Å². The summed E-state index contributed by atoms with van der Waals surface area (Å²) < 4.78 is 0. The second kappa shape index (κ2) is 9.73. The van der Waals surface area contributed by atoms with Crippen molar-refractivity contribution in [3.05, 3.63) is 62.1 Å². The molecule has 148 valence electrons. The second-order valence-electron chi connectivity index (χ2n) is 5.93. The molecule has 0 radical (unpaired) electrons. The van der Waals surface area contributed by atoms with Gasteiger partial charge in [-0.1, -0.05) is 23.2 Å². The number of benzene rings is 2. The maximum atomic E-state index is 12.6. The molecule has 0 aromatic heterocycles. The van der Waals surface area contributed by atoms with Crippen LogP contribution in [0.3, 0.4) is 0 Å². The van der Waals surface area contributed by atoms with Crippen molar-refractivity contribution in [1.29, 1.82) is 0 Å². The van der Waals surface area contributed by atoms with Crippen LogP contribution in [0.25, 0.3) is 0 Å². The van der Waals surface area contributed by atoms with Gasteiger partial charge in [-0.15, -0.1) is 11.6 Å². The number of nitro groups is 1. The first-order chi connectivity index (χ1) is 13.2. The average molecular weight is 445 g/mol. The number of amides is 2. The molecule has 2 rings (SSSR count). The Morgan fingerprint density at radius 3 is 2.11 bits per heavy atom. The third-order valence-corrected chi connectivity index (χ3v) is 4.48. The highest BCUT2D eigenvalue weighted by Gasteiger charge is 2.27. The third kappa shape index (κ3) is 5.82. The van der Waals surface area contributed by atoms with Crippen LogP contribution in [0.1, 0.15) is 12.0 Å². The number of aryl methyl sites for hydroxylation is 1. The summed E-state index contributed by atoms with van der Waals surface area (Å²) >= 11 is 17.6. The van der Waals surface area contributed by atoms with Crippen molar-refractivity contribution >= 4 is 63.7 Å². The molecular weight excluding hydrogens is 429 g/mol. The molecule has 0 spiro atoms. The van der Waals surface area contributed by atoms with E-state index in [0.717, 1.165) is 0 Å². The molecule has 0 saturated carbocycles. The minimum absolute atomic E-state index is 0.0640. The van der Waals surface area contributed by atoms with Crippen molar-refractivity contribution in [1.82, 2.24) is 0 Å². The predicted octanol–water partition coefficient (Wildman–Crippen LogP) is 5.03. The van der Waals surface area contributed by atoms with Gasteiger partial charge in [0.2, 0.25) is 11.8 Å². The number of nitrogens with zero attached hydrogens (tertiary/aromatic N) is 1. The van der Waals surface area contributed by atoms with Gasteiger partial charge in [0.1, 0.15) is 5.92 Å². The van der Waals surface area contributed by atoms with Gasteiger partial charge in [-0.05, 0) is 43.7 Å². The van der Waals surface area contributed by atoms with Gasteiger partial charge in [-0.2, -0.15) is 0 Å². The van der Waals surface area contributed by atoms with E-state index in [-0.39, 0.29) is 18.0 Å². The number of carbonyl (C=O) groups excluding carboxylic acids is 2. The normalized spacial score (nSPS) is 11.6. The molecule has 1 atom stereocenters. The standard InChI is InChI=1S/C18H16Cl3N3O4/c1-10-6-13(2-3-16(10)24(27)28)22-17(25)15(4-5-19)18(26)23-14-8-11(20)7-12(21)9-14/h2-3,6-9,15H,4-5H2,1H3,(H,22,25)(H,23,26). The molecule has 10 heteroatoms. The highest BCUT2D eigenvalue weighted by atomic mass is 35.5. The number of carbonyl (C=O) groups is 2. The van der Waals surface area contributed by atoms with E-state index in [4.69, 9.17) is 34.8 Å². The molecule has 0 fully saturated rings. The highest BCUT2D eigenvalue weighted by molar-refractivity contribution is 6.35. The predicted molar refractivity (Wildman–Crippen MR) is 110 cm³/mol. The number of hydrogen-bond acceptors (Lipinski definition) is 4. The molecular formula is C18H16Cl3N3O4. The fourth-order valence-corrected chi connectivity index (χ4v) is 3.26. The summed E-state index contributed by atoms with van der Waals surface area (Å²) in [5.41, 5.74) is 1.01. The van der Waals surface area contributed by atoms with E-state index in [1.807, 2.05) is 0 Å². The van der Waals surface area contributed by atoms with E-state index in [9.17, 15) is 19.7 Å². The molecule has 0 saturated heterocycles. The Labute approximate surface area is 176 Å². The van der Waals surface area contributed by atoms with E-state index in [1.165, 1.54) is 36.4 Å². The monoisotopic (exact) mass is 443 g/mol. The molecule has 0 heterocycles. The third-order valence-electron chi connectivity index (χ3n) is 3.82. The fraction of sp³-hybridized carbons (Fsp3) is 0.222. The van der Waals surface area contributed by atoms with Gasteiger partial charge in [-0.3, -0.25) is 19.7 Å². The molecule has 0 aliphatic rings. The van der Waals surface area contributed by atoms with Gasteiger partial charge in [0.15, 0.2) is 0 Å². The lowest BCUT2D eigenvalue weighted by Gasteiger charge is -2.16. The lowest BCUT2D eigenvalue weighted by molar-refractivity contribution is -0.385. The van der Waals surface area contributed by atoms with E-state index in [2.05, 4.69) is 10.6 Å². The minimum Gasteiger partial charge on any atom is -0.325 e. The van der Waals surface area contributed by atoms with Gasteiger partial charge in [0.25, 0.3) is 5.69 Å². The van der Waals surface area contributed by atoms with Crippen LogP contribution in [0, 0.1) is 23.0 Å². The van der Waals surface area contributed by atoms with Gasteiger partial charge in [-0.25, -0.2) is 0 Å². The van der Waals surface area contributed by atoms with Crippen LogP contribution in [-0.2, 0) is 9.59 Å². The maximum absolute atomic E-state index is 12.6. The Kier molecular flexibility index (Phi) is 7.62. The summed E-state index contributed by atoms with van der Waals surface area (Å²) in [6, 6.07) is 8.66. The van der Waals surface area contributed by atoms with E-state index < -0.39 is 22.7 Å². The molecule has 1 unspecified atom stereocenters. The summed E-state index contributed by atoms with van der Waals surface area (Å²) in [7, 11) is 0. The SMILES string of the molecule is Cc1cc(NC(=O)C(CCCl)C(=O)Nc2cc(Cl)cc(Cl)c2)ccc1[N+](=O)[O-]. The van der Waals surface area contributed by atoms with Gasteiger partial charge in [0.05, 0.1) is 4.92 Å². The molecule has 2 aromatic rings. The summed E-state index contributed by atoms with van der Waals surface area (Å²) in [5, 5.41) is 16.7. The largest absolute Gasteiger partial charge is 0.325 e. The van der Waals surface area contributed by atoms with Crippen LogP contribution in [0.5, 0.6) is 0 Å². The zero-order valence-electron chi connectivity index (χ0n) is 14.7. The van der Waals surface area contributed by atoms with Crippen LogP contribution in [0.15, 0.2) is 36.4 Å². The Morgan fingerprint density at radius 2 is 1.61 bits per heavy atom. The maximum Gasteiger partial charge on any atom is 0.272 e. The Hall–Kier alpha value is -2.35. The quantitative estimate of drug-likeness (QED) is 0.270. The zero-order valence-corrected chi connectivity index (χ0v) is 16.9. The van der Waals surface area contributed by atoms with Gasteiger partial charge >= 0.3 is 0 Å². The second-order valence-corrected chi connectivity index (χ2v) is 7.18. The summed E-state index contributed by atoms with van der Waals surface area (Å²) in [5.74, 6) is -2.15. The lowest BCUT2D eigenvalue weighted by Crippen LogP contribution is -2.34. The first-order valence-corrected chi connectivity index (χ1v) is 9.39. The summed E-state index contributed by atoms with van der Waals surface area (Å²) in [6.45, 7) is 1.56. The smallest absolute Gasteiger partial charge is 0.272 e. The number of anilines is 2. The van der Waals surface area contributed by atoms with Crippen molar-refractivity contribution < 1.29 is 14.5 Å². The van der Waals surface area contributed by atoms with Crippen LogP contribution in [0.2, 0.25) is 10.0 Å². The van der Waals surface area contributed by atoms with Gasteiger partial charge in [0, 0.05) is 38.9 Å². The van der Waals surface area contributed by atoms with Crippen molar-refractivity contribution in [2.75, 3.05) is 16.5 Å². The Balaban J connectivity index is 2.15. The van der Waals surface area contributed by atoms with E-state index in [0.29, 0.717) is 27.0 Å². The Bertz CT molecular complexity index is 901. The molecule has 0 bridgehead atoms. The van der Waals surface area contributed by atoms with E-state index in [1.54, 1.807) is 6.92 Å². The van der Waals surface area contributed by atoms with Crippen molar-refractivity contribution in [3.8, 4) is 0 Å². The Morgan fingerprint density at radius 1 is 1.04 bits per heavy atom. The van der Waals surface area contributed by atoms with Crippen LogP contribution >= 0.6 is 34.8 Å². The van der Waals surface area contributed by atoms with Crippen molar-refractivity contribution in [3.63, 3.8) is 0 Å². The number of hydrogen-bond donors (Lipinski definition) is 2. The molecule has 2 aromatic carbocycles. The van der Waals surface area contributed by atoms with Crippen molar-refractivity contribution in [2.24, 2.45) is 5.92 Å². The first-order valence-electron chi connectivity index (χ1n) is 8.10. The number of halogens is 3. The van der Waals surface area contributed by atoms with Crippen LogP contribution in [-0.4, -0.2) is 22.6 Å². The molecule has 0 aliphatic heterocycles. The zero-order chi connectivity index (χ0) is 20.8. The number of rotatable bonds is 7. The average Bonchev–Trinajstić information content (AvgIpc) is 2.58. The molecule has 2 amide bonds. The molecule has 28 heavy (non-hydrogen) atoms. The van der Waals surface area contributed by atoms with Crippen LogP contribution in [0.4, 0.5) is 17.1 Å².